The van der Waals surface area contributed by atoms with Crippen LogP contribution in [0.2, 0.25) is 0 Å². The normalized spacial score (nSPS) is 15.5. The number of hydrogen-bond donors (Lipinski definition) is 4. The number of benzene rings is 1. The van der Waals surface area contributed by atoms with Crippen LogP contribution in [0.1, 0.15) is 31.4 Å². The van der Waals surface area contributed by atoms with Crippen LogP contribution < -0.4 is 36.6 Å². The maximum atomic E-state index is 13.2. The van der Waals surface area contributed by atoms with E-state index in [1.807, 2.05) is 12.1 Å². The van der Waals surface area contributed by atoms with Crippen molar-refractivity contribution in [2.45, 2.75) is 32.2 Å². The summed E-state index contributed by atoms with van der Waals surface area (Å²) in [5, 5.41) is 38.5. The van der Waals surface area contributed by atoms with E-state index in [1.54, 1.807) is 29.1 Å². The molecule has 4 N–H and O–H groups in total. The van der Waals surface area contributed by atoms with Gasteiger partial charge in [-0.05, 0) is 18.4 Å². The van der Waals surface area contributed by atoms with Crippen LogP contribution in [0, 0.1) is 21.3 Å². The van der Waals surface area contributed by atoms with Crippen molar-refractivity contribution >= 4 is 22.3 Å². The first-order chi connectivity index (χ1) is 15.9. The summed E-state index contributed by atoms with van der Waals surface area (Å²) < 4.78 is 1.59. The van der Waals surface area contributed by atoms with Gasteiger partial charge >= 0.3 is 0 Å². The molecule has 0 bridgehead atoms. The zero-order valence-electron chi connectivity index (χ0n) is 18.0. The van der Waals surface area contributed by atoms with Crippen molar-refractivity contribution in [1.29, 1.82) is 10.8 Å². The molecule has 1 heterocycles. The number of pyridine rings is 1. The van der Waals surface area contributed by atoms with Crippen molar-refractivity contribution < 1.29 is 14.8 Å². The topological polar surface area (TPSA) is 126 Å². The summed E-state index contributed by atoms with van der Waals surface area (Å²) in [7, 11) is 0. The summed E-state index contributed by atoms with van der Waals surface area (Å²) in [5.74, 6) is -0.650. The Labute approximate surface area is 186 Å². The Balaban J connectivity index is 1.88. The SMILES string of the molecule is CCCCc1cc[n+](C2C(O)=c3c(=N)c4c(=O)c5ccccc5c(=O)c=4c(=N)c3=C2O)cc1. The van der Waals surface area contributed by atoms with Crippen LogP contribution in [0.3, 0.4) is 0 Å². The molecule has 0 fully saturated rings. The summed E-state index contributed by atoms with van der Waals surface area (Å²) in [6, 6.07) is 9.06. The fraction of sp³-hybridized carbons (Fsp3) is 0.192. The van der Waals surface area contributed by atoms with E-state index in [-0.39, 0.29) is 53.9 Å². The molecule has 0 spiro atoms. The quantitative estimate of drug-likeness (QED) is 0.341. The Morgan fingerprint density at radius 2 is 1.30 bits per heavy atom. The number of aryl methyl sites for hydroxylation is 1. The van der Waals surface area contributed by atoms with E-state index < -0.39 is 16.9 Å². The molecule has 0 saturated heterocycles. The molecule has 0 saturated carbocycles. The molecule has 2 aromatic rings. The van der Waals surface area contributed by atoms with E-state index in [4.69, 9.17) is 10.8 Å². The fourth-order valence-electron chi connectivity index (χ4n) is 4.74. The van der Waals surface area contributed by atoms with Crippen LogP contribution in [0.25, 0.3) is 22.3 Å². The Hall–Kier alpha value is -4.13. The molecule has 0 aliphatic heterocycles. The van der Waals surface area contributed by atoms with Gasteiger partial charge < -0.3 is 10.2 Å². The number of fused-ring (bicyclic) bond motifs is 2. The number of rotatable bonds is 4. The van der Waals surface area contributed by atoms with Gasteiger partial charge in [0.2, 0.25) is 0 Å². The van der Waals surface area contributed by atoms with Gasteiger partial charge in [-0.3, -0.25) is 20.4 Å². The predicted octanol–water partition coefficient (Wildman–Crippen LogP) is 0.337. The van der Waals surface area contributed by atoms with Gasteiger partial charge in [0, 0.05) is 22.9 Å². The van der Waals surface area contributed by atoms with Crippen LogP contribution in [0.5, 0.6) is 0 Å². The molecule has 3 aliphatic rings. The first-order valence-corrected chi connectivity index (χ1v) is 10.8. The molecule has 0 radical (unpaired) electrons. The zero-order valence-corrected chi connectivity index (χ0v) is 18.0. The highest BCUT2D eigenvalue weighted by Gasteiger charge is 2.36. The minimum absolute atomic E-state index is 0.0793. The van der Waals surface area contributed by atoms with E-state index in [9.17, 15) is 19.8 Å². The van der Waals surface area contributed by atoms with E-state index in [2.05, 4.69) is 6.92 Å². The van der Waals surface area contributed by atoms with Crippen LogP contribution in [0.15, 0.2) is 58.4 Å². The Bertz CT molecular complexity index is 1740. The van der Waals surface area contributed by atoms with Gasteiger partial charge in [0.25, 0.3) is 6.04 Å². The summed E-state index contributed by atoms with van der Waals surface area (Å²) in [4.78, 5) is 26.3. The molecule has 0 atom stereocenters. The maximum Gasteiger partial charge on any atom is 0.272 e. The fourth-order valence-corrected chi connectivity index (χ4v) is 4.74. The smallest absolute Gasteiger partial charge is 0.272 e. The molecule has 1 aromatic carbocycles. The number of hydrogen-bond acceptors (Lipinski definition) is 6. The molecule has 164 valence electrons. The molecular formula is C26H22N3O4+. The van der Waals surface area contributed by atoms with Crippen molar-refractivity contribution in [2.75, 3.05) is 0 Å². The van der Waals surface area contributed by atoms with Crippen LogP contribution in [-0.4, -0.2) is 10.2 Å². The predicted molar refractivity (Wildman–Crippen MR) is 121 cm³/mol. The first-order valence-electron chi connectivity index (χ1n) is 10.8. The number of nitrogens with zero attached hydrogens (tertiary/aromatic N) is 1. The Morgan fingerprint density at radius 1 is 0.818 bits per heavy atom. The average molecular weight is 440 g/mol. The van der Waals surface area contributed by atoms with Gasteiger partial charge in [-0.25, -0.2) is 0 Å². The number of aliphatic hydroxyl groups is 2. The second-order valence-electron chi connectivity index (χ2n) is 8.38. The lowest BCUT2D eigenvalue weighted by Crippen LogP contribution is -2.52. The van der Waals surface area contributed by atoms with Crippen LogP contribution in [-0.2, 0) is 6.42 Å². The van der Waals surface area contributed by atoms with E-state index in [0.29, 0.717) is 0 Å². The minimum atomic E-state index is -1.04. The third-order valence-electron chi connectivity index (χ3n) is 6.44. The molecule has 5 rings (SSSR count). The summed E-state index contributed by atoms with van der Waals surface area (Å²) in [6.45, 7) is 2.11. The number of nitrogens with one attached hydrogen (secondary N) is 2. The molecule has 0 unspecified atom stereocenters. The van der Waals surface area contributed by atoms with Crippen LogP contribution in [0.4, 0.5) is 0 Å². The second kappa shape index (κ2) is 7.48. The van der Waals surface area contributed by atoms with Crippen molar-refractivity contribution in [3.05, 3.63) is 106 Å². The molecule has 7 heteroatoms. The van der Waals surface area contributed by atoms with Gasteiger partial charge in [-0.2, -0.15) is 4.57 Å². The van der Waals surface area contributed by atoms with E-state index in [0.717, 1.165) is 24.8 Å². The summed E-state index contributed by atoms with van der Waals surface area (Å²) in [6.07, 6.45) is 6.49. The second-order valence-corrected chi connectivity index (χ2v) is 8.38. The largest absolute Gasteiger partial charge is 0.505 e. The third kappa shape index (κ3) is 2.85. The standard InChI is InChI=1S/C26H21N3O4/c1-2-3-6-13-9-11-29(12-10-13)22-25(32)18-19(26(22)33)21(28)17-16(20(18)27)23(30)14-7-4-5-8-15(14)24(17)31/h4-5,7-12,22H,2-3,6H2,1H3,(H3-,27,28,30,31,32,33)/p+1. The molecular weight excluding hydrogens is 418 g/mol. The Morgan fingerprint density at radius 3 is 1.76 bits per heavy atom. The number of unbranched alkanes of at least 4 members (excludes halogenated alkanes) is 1. The molecule has 1 aromatic heterocycles. The third-order valence-corrected chi connectivity index (χ3v) is 6.44. The van der Waals surface area contributed by atoms with Gasteiger partial charge in [0.15, 0.2) is 34.8 Å². The van der Waals surface area contributed by atoms with Crippen molar-refractivity contribution in [1.82, 2.24) is 0 Å². The lowest BCUT2D eigenvalue weighted by molar-refractivity contribution is -0.700. The van der Waals surface area contributed by atoms with Crippen molar-refractivity contribution in [3.8, 4) is 0 Å². The van der Waals surface area contributed by atoms with Gasteiger partial charge in [0.1, 0.15) is 0 Å². The first kappa shape index (κ1) is 20.8. The van der Waals surface area contributed by atoms with Crippen molar-refractivity contribution in [2.24, 2.45) is 0 Å². The summed E-state index contributed by atoms with van der Waals surface area (Å²) >= 11 is 0. The lowest BCUT2D eigenvalue weighted by Gasteiger charge is -2.08. The highest BCUT2D eigenvalue weighted by molar-refractivity contribution is 5.82. The minimum Gasteiger partial charge on any atom is -0.505 e. The Kier molecular flexibility index (Phi) is 4.70. The number of aliphatic hydroxyl groups excluding tert-OH is 2. The summed E-state index contributed by atoms with van der Waals surface area (Å²) in [5.41, 5.74) is 0.0460. The molecule has 33 heavy (non-hydrogen) atoms. The highest BCUT2D eigenvalue weighted by Crippen LogP contribution is 2.18. The monoisotopic (exact) mass is 440 g/mol. The lowest BCUT2D eigenvalue weighted by atomic mass is 10.0. The van der Waals surface area contributed by atoms with Gasteiger partial charge in [-0.15, -0.1) is 0 Å². The average Bonchev–Trinajstić information content (AvgIpc) is 3.09. The molecule has 7 nitrogen and oxygen atoms in total. The zero-order chi connectivity index (χ0) is 23.4. The van der Waals surface area contributed by atoms with E-state index in [1.165, 1.54) is 12.1 Å². The maximum absolute atomic E-state index is 13.2. The molecule has 0 amide bonds. The van der Waals surface area contributed by atoms with Crippen molar-refractivity contribution in [3.63, 3.8) is 0 Å². The highest BCUT2D eigenvalue weighted by atomic mass is 16.3. The van der Waals surface area contributed by atoms with Gasteiger partial charge in [0.05, 0.1) is 31.6 Å². The van der Waals surface area contributed by atoms with E-state index >= 15 is 0 Å². The molecule has 3 aliphatic carbocycles. The number of aromatic nitrogens is 1. The van der Waals surface area contributed by atoms with Gasteiger partial charge in [-0.1, -0.05) is 37.6 Å². The van der Waals surface area contributed by atoms with Crippen LogP contribution >= 0.6 is 0 Å².